The van der Waals surface area contributed by atoms with E-state index in [0.717, 1.165) is 53.2 Å². The Morgan fingerprint density at radius 2 is 1.50 bits per heavy atom. The van der Waals surface area contributed by atoms with Gasteiger partial charge < -0.3 is 14.2 Å². The molecular weight excluding hydrogens is 448 g/mol. The van der Waals surface area contributed by atoms with E-state index >= 15 is 0 Å². The molecule has 1 heterocycles. The predicted octanol–water partition coefficient (Wildman–Crippen LogP) is 8.59. The van der Waals surface area contributed by atoms with Gasteiger partial charge in [0.25, 0.3) is 6.47 Å². The normalized spacial score (nSPS) is 13.9. The van der Waals surface area contributed by atoms with Crippen molar-refractivity contribution in [2.75, 3.05) is 6.61 Å². The number of carbonyl (C=O) groups is 1. The minimum absolute atomic E-state index is 0.104. The molecule has 4 nitrogen and oxygen atoms in total. The highest BCUT2D eigenvalue weighted by Gasteiger charge is 2.31. The first-order valence-electron chi connectivity index (χ1n) is 13.5. The summed E-state index contributed by atoms with van der Waals surface area (Å²) < 4.78 is 17.9. The molecule has 36 heavy (non-hydrogen) atoms. The van der Waals surface area contributed by atoms with E-state index in [4.69, 9.17) is 14.2 Å². The summed E-state index contributed by atoms with van der Waals surface area (Å²) in [6.45, 7) is 5.63. The van der Waals surface area contributed by atoms with Crippen LogP contribution in [-0.4, -0.2) is 13.1 Å². The van der Waals surface area contributed by atoms with E-state index < -0.39 is 0 Å². The molecule has 3 aromatic carbocycles. The molecule has 1 unspecified atom stereocenters. The van der Waals surface area contributed by atoms with E-state index in [2.05, 4.69) is 38.1 Å². The summed E-state index contributed by atoms with van der Waals surface area (Å²) in [5.41, 5.74) is 4.35. The molecule has 190 valence electrons. The SMILES string of the molecule is CCCCCCCc1ccc2c(c1)Oc1cc(OCCCCC)ccc1C2c1ccccc1OC=O. The quantitative estimate of drug-likeness (QED) is 0.132. The van der Waals surface area contributed by atoms with Crippen molar-refractivity contribution in [2.24, 2.45) is 0 Å². The van der Waals surface area contributed by atoms with Gasteiger partial charge in [0.15, 0.2) is 0 Å². The van der Waals surface area contributed by atoms with Crippen molar-refractivity contribution in [3.63, 3.8) is 0 Å². The van der Waals surface area contributed by atoms with Crippen molar-refractivity contribution in [3.05, 3.63) is 82.9 Å². The molecule has 1 aliphatic heterocycles. The van der Waals surface area contributed by atoms with Crippen molar-refractivity contribution in [3.8, 4) is 23.0 Å². The summed E-state index contributed by atoms with van der Waals surface area (Å²) in [5.74, 6) is 2.93. The Morgan fingerprint density at radius 3 is 2.31 bits per heavy atom. The minimum atomic E-state index is -0.104. The van der Waals surface area contributed by atoms with Crippen LogP contribution in [0.25, 0.3) is 0 Å². The highest BCUT2D eigenvalue weighted by molar-refractivity contribution is 5.63. The Morgan fingerprint density at radius 1 is 0.778 bits per heavy atom. The molecule has 0 bridgehead atoms. The highest BCUT2D eigenvalue weighted by Crippen LogP contribution is 2.50. The largest absolute Gasteiger partial charge is 0.493 e. The van der Waals surface area contributed by atoms with Gasteiger partial charge in [-0.2, -0.15) is 0 Å². The number of para-hydroxylation sites is 1. The van der Waals surface area contributed by atoms with E-state index in [1.807, 2.05) is 36.4 Å². The Bertz CT molecular complexity index is 1140. The second-order valence-electron chi connectivity index (χ2n) is 9.58. The van der Waals surface area contributed by atoms with E-state index in [0.29, 0.717) is 18.8 Å². The summed E-state index contributed by atoms with van der Waals surface area (Å²) in [7, 11) is 0. The zero-order valence-electron chi connectivity index (χ0n) is 21.6. The molecule has 0 spiro atoms. The average Bonchev–Trinajstić information content (AvgIpc) is 2.90. The third-order valence-electron chi connectivity index (χ3n) is 6.90. The molecule has 0 saturated heterocycles. The zero-order chi connectivity index (χ0) is 25.2. The van der Waals surface area contributed by atoms with Crippen LogP contribution in [0.15, 0.2) is 60.7 Å². The first kappa shape index (κ1) is 25.8. The number of fused-ring (bicyclic) bond motifs is 2. The molecule has 0 N–H and O–H groups in total. The van der Waals surface area contributed by atoms with Gasteiger partial charge in [-0.25, -0.2) is 0 Å². The van der Waals surface area contributed by atoms with Gasteiger partial charge in [0.05, 0.1) is 6.61 Å². The molecule has 1 atom stereocenters. The van der Waals surface area contributed by atoms with Gasteiger partial charge in [0, 0.05) is 28.7 Å². The number of hydrogen-bond donors (Lipinski definition) is 0. The van der Waals surface area contributed by atoms with Crippen molar-refractivity contribution >= 4 is 6.47 Å². The van der Waals surface area contributed by atoms with Crippen LogP contribution in [0, 0.1) is 0 Å². The number of benzene rings is 3. The third kappa shape index (κ3) is 6.29. The van der Waals surface area contributed by atoms with Gasteiger partial charge in [-0.15, -0.1) is 0 Å². The van der Waals surface area contributed by atoms with E-state index in [1.165, 1.54) is 44.1 Å². The van der Waals surface area contributed by atoms with Crippen LogP contribution >= 0.6 is 0 Å². The lowest BCUT2D eigenvalue weighted by Crippen LogP contribution is -2.13. The maximum Gasteiger partial charge on any atom is 0.298 e. The van der Waals surface area contributed by atoms with Gasteiger partial charge in [0.1, 0.15) is 23.0 Å². The highest BCUT2D eigenvalue weighted by atomic mass is 16.5. The number of hydrogen-bond acceptors (Lipinski definition) is 4. The summed E-state index contributed by atoms with van der Waals surface area (Å²) in [6.07, 6.45) is 10.7. The maximum atomic E-state index is 11.2. The topological polar surface area (TPSA) is 44.8 Å². The van der Waals surface area contributed by atoms with E-state index in [9.17, 15) is 4.79 Å². The molecule has 1 aliphatic rings. The first-order chi connectivity index (χ1) is 17.7. The van der Waals surface area contributed by atoms with E-state index in [-0.39, 0.29) is 5.92 Å². The molecule has 0 saturated carbocycles. The number of rotatable bonds is 14. The lowest BCUT2D eigenvalue weighted by Gasteiger charge is -2.30. The summed E-state index contributed by atoms with van der Waals surface area (Å²) in [4.78, 5) is 11.2. The Balaban J connectivity index is 1.66. The predicted molar refractivity (Wildman–Crippen MR) is 145 cm³/mol. The zero-order valence-corrected chi connectivity index (χ0v) is 21.6. The van der Waals surface area contributed by atoms with Gasteiger partial charge in [0.2, 0.25) is 0 Å². The maximum absolute atomic E-state index is 11.2. The molecule has 3 aromatic rings. The van der Waals surface area contributed by atoms with Crippen molar-refractivity contribution in [2.45, 2.75) is 77.6 Å². The van der Waals surface area contributed by atoms with Crippen LogP contribution < -0.4 is 14.2 Å². The smallest absolute Gasteiger partial charge is 0.298 e. The lowest BCUT2D eigenvalue weighted by molar-refractivity contribution is -0.120. The summed E-state index contributed by atoms with van der Waals surface area (Å²) in [5, 5.41) is 0. The van der Waals surface area contributed by atoms with Gasteiger partial charge >= 0.3 is 0 Å². The van der Waals surface area contributed by atoms with Crippen LogP contribution in [0.2, 0.25) is 0 Å². The number of unbranched alkanes of at least 4 members (excludes halogenated alkanes) is 6. The summed E-state index contributed by atoms with van der Waals surface area (Å²) >= 11 is 0. The fraction of sp³-hybridized carbons (Fsp3) is 0.406. The van der Waals surface area contributed by atoms with E-state index in [1.54, 1.807) is 0 Å². The van der Waals surface area contributed by atoms with Gasteiger partial charge in [-0.1, -0.05) is 88.8 Å². The van der Waals surface area contributed by atoms with Gasteiger partial charge in [-0.3, -0.25) is 4.79 Å². The Labute approximate surface area is 215 Å². The van der Waals surface area contributed by atoms with Crippen molar-refractivity contribution in [1.82, 2.24) is 0 Å². The molecule has 4 heteroatoms. The monoisotopic (exact) mass is 486 g/mol. The van der Waals surface area contributed by atoms with Crippen LogP contribution in [0.3, 0.4) is 0 Å². The molecular formula is C32H38O4. The molecule has 0 amide bonds. The van der Waals surface area contributed by atoms with Crippen molar-refractivity contribution in [1.29, 1.82) is 0 Å². The fourth-order valence-corrected chi connectivity index (χ4v) is 4.97. The van der Waals surface area contributed by atoms with Crippen LogP contribution in [0.5, 0.6) is 23.0 Å². The van der Waals surface area contributed by atoms with Gasteiger partial charge in [-0.05, 0) is 43.0 Å². The molecule has 0 aliphatic carbocycles. The summed E-state index contributed by atoms with van der Waals surface area (Å²) in [6, 6.07) is 20.4. The second kappa shape index (κ2) is 13.2. The first-order valence-corrected chi connectivity index (χ1v) is 13.5. The fourth-order valence-electron chi connectivity index (χ4n) is 4.97. The lowest BCUT2D eigenvalue weighted by atomic mass is 9.81. The van der Waals surface area contributed by atoms with Crippen LogP contribution in [0.1, 0.15) is 93.4 Å². The molecule has 0 fully saturated rings. The molecule has 0 radical (unpaired) electrons. The standard InChI is InChI=1S/C32H38O4/c1-3-5-7-8-9-13-24-16-18-27-30(21-24)36-31-22-25(34-20-12-6-4-2)17-19-28(31)32(27)26-14-10-11-15-29(26)35-23-33/h10-11,14-19,21-23,32H,3-9,12-13,20H2,1-2H3. The number of ether oxygens (including phenoxy) is 3. The minimum Gasteiger partial charge on any atom is -0.493 e. The second-order valence-corrected chi connectivity index (χ2v) is 9.58. The van der Waals surface area contributed by atoms with Crippen molar-refractivity contribution < 1.29 is 19.0 Å². The Kier molecular flexibility index (Phi) is 9.43. The van der Waals surface area contributed by atoms with Crippen LogP contribution in [0.4, 0.5) is 0 Å². The third-order valence-corrected chi connectivity index (χ3v) is 6.90. The Hall–Kier alpha value is -3.27. The van der Waals surface area contributed by atoms with Crippen LogP contribution in [-0.2, 0) is 11.2 Å². The molecule has 0 aromatic heterocycles. The molecule has 4 rings (SSSR count). The number of aryl methyl sites for hydroxylation is 1. The number of carbonyl (C=O) groups excluding carboxylic acids is 1. The average molecular weight is 487 g/mol.